The number of aromatic amines is 1. The zero-order valence-electron chi connectivity index (χ0n) is 11.5. The third kappa shape index (κ3) is 3.05. The molecule has 0 aliphatic carbocycles. The van der Waals surface area contributed by atoms with Gasteiger partial charge in [-0.05, 0) is 6.07 Å². The molecule has 0 aliphatic rings. The summed E-state index contributed by atoms with van der Waals surface area (Å²) in [4.78, 5) is 18.6. The number of H-pyrrole nitrogens is 1. The molecule has 5 nitrogen and oxygen atoms in total. The Morgan fingerprint density at radius 2 is 2.26 bits per heavy atom. The molecule has 2 aromatic heterocycles. The highest BCUT2D eigenvalue weighted by Gasteiger charge is 2.15. The van der Waals surface area contributed by atoms with Gasteiger partial charge in [0.1, 0.15) is 5.82 Å². The van der Waals surface area contributed by atoms with Crippen LogP contribution in [0.25, 0.3) is 11.3 Å². The van der Waals surface area contributed by atoms with E-state index in [-0.39, 0.29) is 6.42 Å². The third-order valence-corrected chi connectivity index (χ3v) is 3.04. The first-order valence-corrected chi connectivity index (χ1v) is 6.40. The second kappa shape index (κ2) is 5.30. The largest absolute Gasteiger partial charge is 0.481 e. The lowest BCUT2D eigenvalue weighted by Crippen LogP contribution is -1.99. The number of aliphatic carboxylic acids is 1. The molecule has 2 N–H and O–H groups in total. The topological polar surface area (TPSA) is 70.9 Å². The van der Waals surface area contributed by atoms with Gasteiger partial charge in [0, 0.05) is 43.0 Å². The van der Waals surface area contributed by atoms with Crippen LogP contribution in [0.4, 0.5) is 0 Å². The number of aryl methyl sites for hydroxylation is 2. The molecule has 0 amide bonds. The lowest BCUT2D eigenvalue weighted by molar-refractivity contribution is -0.136. The van der Waals surface area contributed by atoms with E-state index < -0.39 is 5.97 Å². The van der Waals surface area contributed by atoms with Gasteiger partial charge < -0.3 is 14.7 Å². The quantitative estimate of drug-likeness (QED) is 0.869. The summed E-state index contributed by atoms with van der Waals surface area (Å²) in [5.41, 5.74) is 2.79. The van der Waals surface area contributed by atoms with Crippen LogP contribution in [-0.2, 0) is 18.3 Å². The van der Waals surface area contributed by atoms with E-state index in [2.05, 4.69) is 23.8 Å². The number of nitrogens with zero attached hydrogens (tertiary/aromatic N) is 2. The van der Waals surface area contributed by atoms with Crippen LogP contribution >= 0.6 is 0 Å². The van der Waals surface area contributed by atoms with E-state index >= 15 is 0 Å². The van der Waals surface area contributed by atoms with Crippen molar-refractivity contribution >= 4 is 5.97 Å². The van der Waals surface area contributed by atoms with Gasteiger partial charge in [-0.15, -0.1) is 0 Å². The molecule has 5 heteroatoms. The first-order chi connectivity index (χ1) is 8.97. The van der Waals surface area contributed by atoms with Crippen molar-refractivity contribution in [1.29, 1.82) is 0 Å². The van der Waals surface area contributed by atoms with E-state index in [1.165, 1.54) is 0 Å². The Morgan fingerprint density at radius 1 is 1.53 bits per heavy atom. The van der Waals surface area contributed by atoms with Gasteiger partial charge in [0.2, 0.25) is 0 Å². The average molecular weight is 261 g/mol. The molecule has 2 aromatic rings. The van der Waals surface area contributed by atoms with Gasteiger partial charge in [0.15, 0.2) is 0 Å². The molecule has 19 heavy (non-hydrogen) atoms. The second-order valence-electron chi connectivity index (χ2n) is 5.06. The van der Waals surface area contributed by atoms with Gasteiger partial charge in [-0.2, -0.15) is 0 Å². The SMILES string of the molecule is CC(C)c1nc(-c2ccn(C)c2)c(CCC(=O)O)[nH]1. The summed E-state index contributed by atoms with van der Waals surface area (Å²) in [5.74, 6) is 0.403. The Balaban J connectivity index is 2.36. The molecular weight excluding hydrogens is 242 g/mol. The monoisotopic (exact) mass is 261 g/mol. The molecule has 0 saturated carbocycles. The molecule has 102 valence electrons. The lowest BCUT2D eigenvalue weighted by Gasteiger charge is -1.98. The van der Waals surface area contributed by atoms with Crippen molar-refractivity contribution in [2.45, 2.75) is 32.6 Å². The van der Waals surface area contributed by atoms with Crippen molar-refractivity contribution in [2.24, 2.45) is 7.05 Å². The van der Waals surface area contributed by atoms with Crippen molar-refractivity contribution in [2.75, 3.05) is 0 Å². The van der Waals surface area contributed by atoms with Gasteiger partial charge in [-0.3, -0.25) is 4.79 Å². The summed E-state index contributed by atoms with van der Waals surface area (Å²) in [7, 11) is 1.95. The van der Waals surface area contributed by atoms with E-state index in [0.29, 0.717) is 12.3 Å². The van der Waals surface area contributed by atoms with Crippen LogP contribution < -0.4 is 0 Å². The standard InChI is InChI=1S/C14H19N3O2/c1-9(2)14-15-11(4-5-12(18)19)13(16-14)10-6-7-17(3)8-10/h6-9H,4-5H2,1-3H3,(H,15,16)(H,18,19). The Kier molecular flexibility index (Phi) is 3.74. The number of aromatic nitrogens is 3. The highest BCUT2D eigenvalue weighted by molar-refractivity contribution is 5.68. The highest BCUT2D eigenvalue weighted by Crippen LogP contribution is 2.25. The minimum absolute atomic E-state index is 0.111. The summed E-state index contributed by atoms with van der Waals surface area (Å²) < 4.78 is 1.96. The van der Waals surface area contributed by atoms with Crippen molar-refractivity contribution in [1.82, 2.24) is 14.5 Å². The Hall–Kier alpha value is -2.04. The molecule has 0 fully saturated rings. The van der Waals surface area contributed by atoms with Gasteiger partial charge in [-0.1, -0.05) is 13.8 Å². The van der Waals surface area contributed by atoms with Gasteiger partial charge in [-0.25, -0.2) is 4.98 Å². The predicted molar refractivity (Wildman–Crippen MR) is 73.0 cm³/mol. The Bertz CT molecular complexity index is 581. The number of carboxylic acid groups (broad SMARTS) is 1. The molecule has 0 saturated heterocycles. The molecule has 2 rings (SSSR count). The fraction of sp³-hybridized carbons (Fsp3) is 0.429. The molecule has 0 bridgehead atoms. The van der Waals surface area contributed by atoms with Crippen LogP contribution in [0.1, 0.15) is 37.7 Å². The fourth-order valence-electron chi connectivity index (χ4n) is 2.00. The van der Waals surface area contributed by atoms with Crippen molar-refractivity contribution in [3.63, 3.8) is 0 Å². The van der Waals surface area contributed by atoms with Crippen LogP contribution in [0.15, 0.2) is 18.5 Å². The van der Waals surface area contributed by atoms with Crippen molar-refractivity contribution < 1.29 is 9.90 Å². The van der Waals surface area contributed by atoms with E-state index in [0.717, 1.165) is 22.8 Å². The third-order valence-electron chi connectivity index (χ3n) is 3.04. The number of hydrogen-bond donors (Lipinski definition) is 2. The second-order valence-corrected chi connectivity index (χ2v) is 5.06. The first kappa shape index (κ1) is 13.4. The summed E-state index contributed by atoms with van der Waals surface area (Å²) in [5, 5.41) is 8.82. The number of nitrogens with one attached hydrogen (secondary N) is 1. The van der Waals surface area contributed by atoms with Crippen molar-refractivity contribution in [3.05, 3.63) is 30.0 Å². The number of hydrogen-bond acceptors (Lipinski definition) is 2. The summed E-state index contributed by atoms with van der Waals surface area (Å²) in [6, 6.07) is 1.99. The van der Waals surface area contributed by atoms with Crippen LogP contribution in [0, 0.1) is 0 Å². The van der Waals surface area contributed by atoms with E-state index in [1.807, 2.05) is 30.1 Å². The van der Waals surface area contributed by atoms with Gasteiger partial charge >= 0.3 is 5.97 Å². The first-order valence-electron chi connectivity index (χ1n) is 6.40. The zero-order valence-corrected chi connectivity index (χ0v) is 11.5. The zero-order chi connectivity index (χ0) is 14.0. The average Bonchev–Trinajstić information content (AvgIpc) is 2.92. The maximum absolute atomic E-state index is 10.7. The Labute approximate surface area is 112 Å². The number of carbonyl (C=O) groups is 1. The summed E-state index contributed by atoms with van der Waals surface area (Å²) >= 11 is 0. The molecule has 0 aromatic carbocycles. The molecule has 0 spiro atoms. The van der Waals surface area contributed by atoms with Gasteiger partial charge in [0.25, 0.3) is 0 Å². The maximum atomic E-state index is 10.7. The number of imidazole rings is 1. The minimum atomic E-state index is -0.792. The van der Waals surface area contributed by atoms with Crippen LogP contribution in [0.5, 0.6) is 0 Å². The molecular formula is C14H19N3O2. The number of rotatable bonds is 5. The lowest BCUT2D eigenvalue weighted by atomic mass is 10.1. The van der Waals surface area contributed by atoms with Crippen LogP contribution in [0.3, 0.4) is 0 Å². The smallest absolute Gasteiger partial charge is 0.303 e. The maximum Gasteiger partial charge on any atom is 0.303 e. The van der Waals surface area contributed by atoms with E-state index in [1.54, 1.807) is 0 Å². The van der Waals surface area contributed by atoms with Gasteiger partial charge in [0.05, 0.1) is 12.1 Å². The van der Waals surface area contributed by atoms with E-state index in [9.17, 15) is 4.79 Å². The summed E-state index contributed by atoms with van der Waals surface area (Å²) in [6.07, 6.45) is 4.53. The predicted octanol–water partition coefficient (Wildman–Crippen LogP) is 2.56. The fourth-order valence-corrected chi connectivity index (χ4v) is 2.00. The molecule has 0 radical (unpaired) electrons. The Morgan fingerprint density at radius 3 is 2.79 bits per heavy atom. The van der Waals surface area contributed by atoms with E-state index in [4.69, 9.17) is 5.11 Å². The molecule has 0 unspecified atom stereocenters. The molecule has 0 atom stereocenters. The summed E-state index contributed by atoms with van der Waals surface area (Å²) in [6.45, 7) is 4.13. The molecule has 0 aliphatic heterocycles. The normalized spacial score (nSPS) is 11.2. The highest BCUT2D eigenvalue weighted by atomic mass is 16.4. The van der Waals surface area contributed by atoms with Crippen molar-refractivity contribution in [3.8, 4) is 11.3 Å². The minimum Gasteiger partial charge on any atom is -0.481 e. The van der Waals surface area contributed by atoms with Crippen LogP contribution in [-0.4, -0.2) is 25.6 Å². The molecule has 2 heterocycles. The van der Waals surface area contributed by atoms with Crippen LogP contribution in [0.2, 0.25) is 0 Å². The number of carboxylic acids is 1.